The van der Waals surface area contributed by atoms with Crippen LogP contribution in [-0.4, -0.2) is 18.1 Å². The quantitative estimate of drug-likeness (QED) is 0.568. The molecule has 1 rings (SSSR count). The van der Waals surface area contributed by atoms with Crippen molar-refractivity contribution in [2.75, 3.05) is 7.11 Å². The number of thiocarbonyl (C=S) groups is 1. The van der Waals surface area contributed by atoms with Crippen LogP contribution in [0.25, 0.3) is 5.70 Å². The number of hydrogen-bond acceptors (Lipinski definition) is 4. The van der Waals surface area contributed by atoms with Gasteiger partial charge in [-0.15, -0.1) is 0 Å². The molecule has 5 nitrogen and oxygen atoms in total. The van der Waals surface area contributed by atoms with E-state index >= 15 is 0 Å². The summed E-state index contributed by atoms with van der Waals surface area (Å²) in [6.45, 7) is 3.84. The lowest BCUT2D eigenvalue weighted by atomic mass is 10.2. The summed E-state index contributed by atoms with van der Waals surface area (Å²) in [4.78, 5) is 11.2. The van der Waals surface area contributed by atoms with Crippen molar-refractivity contribution in [1.82, 2.24) is 10.6 Å². The van der Waals surface area contributed by atoms with Crippen LogP contribution in [0.4, 0.5) is 0 Å². The van der Waals surface area contributed by atoms with Crippen molar-refractivity contribution in [2.24, 2.45) is 5.73 Å². The first-order valence-corrected chi connectivity index (χ1v) is 5.81. The lowest BCUT2D eigenvalue weighted by molar-refractivity contribution is -0.115. The van der Waals surface area contributed by atoms with Crippen molar-refractivity contribution in [3.63, 3.8) is 0 Å². The molecule has 0 radical (unpaired) electrons. The van der Waals surface area contributed by atoms with Gasteiger partial charge in [-0.2, -0.15) is 0 Å². The monoisotopic (exact) mass is 277 g/mol. The Hall–Kier alpha value is -2.34. The van der Waals surface area contributed by atoms with Crippen molar-refractivity contribution < 1.29 is 9.53 Å². The molecule has 6 heteroatoms. The van der Waals surface area contributed by atoms with Crippen molar-refractivity contribution in [3.05, 3.63) is 48.7 Å². The van der Waals surface area contributed by atoms with E-state index in [0.29, 0.717) is 5.70 Å². The van der Waals surface area contributed by atoms with E-state index in [1.807, 2.05) is 12.1 Å². The molecule has 0 aliphatic carbocycles. The van der Waals surface area contributed by atoms with Gasteiger partial charge < -0.3 is 15.8 Å². The van der Waals surface area contributed by atoms with Crippen molar-refractivity contribution >= 4 is 28.9 Å². The smallest absolute Gasteiger partial charge is 0.251 e. The molecular formula is C13H15N3O2S. The highest BCUT2D eigenvalue weighted by atomic mass is 32.1. The van der Waals surface area contributed by atoms with E-state index in [1.54, 1.807) is 19.2 Å². The Balaban J connectivity index is 2.58. The Labute approximate surface area is 117 Å². The molecule has 0 saturated carbocycles. The molecule has 100 valence electrons. The summed E-state index contributed by atoms with van der Waals surface area (Å²) in [5.41, 5.74) is 6.50. The van der Waals surface area contributed by atoms with Crippen LogP contribution in [0.15, 0.2) is 43.1 Å². The fraction of sp³-hybridized carbons (Fsp3) is 0.0769. The van der Waals surface area contributed by atoms with E-state index in [4.69, 9.17) is 22.7 Å². The van der Waals surface area contributed by atoms with Crippen LogP contribution in [0.2, 0.25) is 0 Å². The first-order valence-electron chi connectivity index (χ1n) is 5.40. The van der Waals surface area contributed by atoms with Crippen LogP contribution in [-0.2, 0) is 4.79 Å². The van der Waals surface area contributed by atoms with Crippen LogP contribution in [0, 0.1) is 0 Å². The zero-order valence-corrected chi connectivity index (χ0v) is 11.3. The summed E-state index contributed by atoms with van der Waals surface area (Å²) in [5.74, 6) is 0.350. The zero-order chi connectivity index (χ0) is 14.3. The number of nitrogens with two attached hydrogens (primary N) is 1. The maximum atomic E-state index is 11.2. The third kappa shape index (κ3) is 4.81. The molecule has 1 aromatic rings. The Kier molecular flexibility index (Phi) is 5.56. The van der Waals surface area contributed by atoms with Gasteiger partial charge in [0.05, 0.1) is 7.11 Å². The van der Waals surface area contributed by atoms with Gasteiger partial charge in [0.15, 0.2) is 5.11 Å². The number of hydrogen-bond donors (Lipinski definition) is 3. The topological polar surface area (TPSA) is 76.4 Å². The Morgan fingerprint density at radius 3 is 2.53 bits per heavy atom. The van der Waals surface area contributed by atoms with Gasteiger partial charge >= 0.3 is 0 Å². The highest BCUT2D eigenvalue weighted by Gasteiger charge is 2.04. The molecule has 0 aliphatic heterocycles. The number of carbonyl (C=O) groups excluding carboxylic acids is 1. The van der Waals surface area contributed by atoms with E-state index in [0.717, 1.165) is 17.5 Å². The van der Waals surface area contributed by atoms with Crippen molar-refractivity contribution in [2.45, 2.75) is 0 Å². The average molecular weight is 277 g/mol. The van der Waals surface area contributed by atoms with Crippen LogP contribution in [0.3, 0.4) is 0 Å². The molecule has 1 amide bonds. The molecule has 4 N–H and O–H groups in total. The number of nitrogens with one attached hydrogen (secondary N) is 2. The lowest BCUT2D eigenvalue weighted by Gasteiger charge is -2.11. The van der Waals surface area contributed by atoms with Crippen LogP contribution in [0.1, 0.15) is 5.56 Å². The summed E-state index contributed by atoms with van der Waals surface area (Å²) in [7, 11) is 1.59. The SMILES string of the molecule is C=C(NC(=S)NC(=O)C=CN)c1ccc(OC)cc1. The average Bonchev–Trinajstić information content (AvgIpc) is 2.38. The third-order valence-corrected chi connectivity index (χ3v) is 2.39. The second kappa shape index (κ2) is 7.17. The second-order valence-electron chi connectivity index (χ2n) is 3.51. The van der Waals surface area contributed by atoms with E-state index in [-0.39, 0.29) is 5.11 Å². The summed E-state index contributed by atoms with van der Waals surface area (Å²) in [6, 6.07) is 7.28. The summed E-state index contributed by atoms with van der Waals surface area (Å²) in [6.07, 6.45) is 2.31. The molecular weight excluding hydrogens is 262 g/mol. The largest absolute Gasteiger partial charge is 0.497 e. The molecule has 0 saturated heterocycles. The van der Waals surface area contributed by atoms with Crippen molar-refractivity contribution in [1.29, 1.82) is 0 Å². The predicted molar refractivity (Wildman–Crippen MR) is 79.2 cm³/mol. The second-order valence-corrected chi connectivity index (χ2v) is 3.92. The summed E-state index contributed by atoms with van der Waals surface area (Å²) < 4.78 is 5.06. The number of amides is 1. The van der Waals surface area contributed by atoms with E-state index in [9.17, 15) is 4.79 Å². The van der Waals surface area contributed by atoms with Gasteiger partial charge in [-0.25, -0.2) is 0 Å². The zero-order valence-electron chi connectivity index (χ0n) is 10.5. The van der Waals surface area contributed by atoms with Crippen molar-refractivity contribution in [3.8, 4) is 5.75 Å². The summed E-state index contributed by atoms with van der Waals surface area (Å²) in [5, 5.41) is 5.40. The van der Waals surface area contributed by atoms with E-state index in [1.165, 1.54) is 6.08 Å². The lowest BCUT2D eigenvalue weighted by Crippen LogP contribution is -2.37. The van der Waals surface area contributed by atoms with Gasteiger partial charge in [-0.3, -0.25) is 10.1 Å². The van der Waals surface area contributed by atoms with E-state index in [2.05, 4.69) is 17.2 Å². The number of carbonyl (C=O) groups is 1. The number of benzene rings is 1. The molecule has 0 bridgehead atoms. The molecule has 1 aromatic carbocycles. The Morgan fingerprint density at radius 1 is 1.37 bits per heavy atom. The van der Waals surface area contributed by atoms with Gasteiger partial charge in [0.25, 0.3) is 5.91 Å². The molecule has 0 unspecified atom stereocenters. The standard InChI is InChI=1S/C13H15N3O2S/c1-9(10-3-5-11(18-2)6-4-10)15-13(19)16-12(17)7-8-14/h3-8H,1,14H2,2H3,(H2,15,16,17,19). The number of rotatable bonds is 4. The molecule has 0 spiro atoms. The number of methoxy groups -OCH3 is 1. The van der Waals surface area contributed by atoms with Gasteiger partial charge in [0, 0.05) is 11.8 Å². The maximum Gasteiger partial charge on any atom is 0.251 e. The minimum Gasteiger partial charge on any atom is -0.497 e. The van der Waals surface area contributed by atoms with Crippen LogP contribution < -0.4 is 21.1 Å². The normalized spacial score (nSPS) is 9.95. The number of ether oxygens (including phenoxy) is 1. The molecule has 19 heavy (non-hydrogen) atoms. The van der Waals surface area contributed by atoms with Gasteiger partial charge in [-0.05, 0) is 48.2 Å². The molecule has 0 atom stereocenters. The minimum absolute atomic E-state index is 0.156. The van der Waals surface area contributed by atoms with Gasteiger partial charge in [0.1, 0.15) is 5.75 Å². The highest BCUT2D eigenvalue weighted by Crippen LogP contribution is 2.15. The fourth-order valence-electron chi connectivity index (χ4n) is 1.27. The van der Waals surface area contributed by atoms with Gasteiger partial charge in [0.2, 0.25) is 0 Å². The Bertz CT molecular complexity index is 509. The van der Waals surface area contributed by atoms with Gasteiger partial charge in [-0.1, -0.05) is 6.58 Å². The first-order chi connectivity index (χ1) is 9.06. The minimum atomic E-state index is -0.400. The predicted octanol–water partition coefficient (Wildman–Crippen LogP) is 1.13. The molecule has 0 fully saturated rings. The molecule has 0 aromatic heterocycles. The van der Waals surface area contributed by atoms with Crippen LogP contribution in [0.5, 0.6) is 5.75 Å². The fourth-order valence-corrected chi connectivity index (χ4v) is 1.50. The Morgan fingerprint density at radius 2 is 2.00 bits per heavy atom. The first kappa shape index (κ1) is 14.7. The maximum absolute atomic E-state index is 11.2. The van der Waals surface area contributed by atoms with Crippen LogP contribution >= 0.6 is 12.2 Å². The molecule has 0 aliphatic rings. The molecule has 0 heterocycles. The third-order valence-electron chi connectivity index (χ3n) is 2.19. The highest BCUT2D eigenvalue weighted by molar-refractivity contribution is 7.80. The van der Waals surface area contributed by atoms with E-state index < -0.39 is 5.91 Å². The summed E-state index contributed by atoms with van der Waals surface area (Å²) >= 11 is 4.97.